The van der Waals surface area contributed by atoms with Crippen LogP contribution in [0, 0.1) is 12.7 Å². The minimum Gasteiger partial charge on any atom is -0.350 e. The van der Waals surface area contributed by atoms with Crippen molar-refractivity contribution in [1.29, 1.82) is 0 Å². The lowest BCUT2D eigenvalue weighted by Gasteiger charge is -2.10. The van der Waals surface area contributed by atoms with Crippen molar-refractivity contribution in [1.82, 2.24) is 5.32 Å². The van der Waals surface area contributed by atoms with Crippen molar-refractivity contribution in [3.8, 4) is 0 Å². The first-order chi connectivity index (χ1) is 8.12. The van der Waals surface area contributed by atoms with Crippen LogP contribution in [-0.4, -0.2) is 20.4 Å². The van der Waals surface area contributed by atoms with E-state index in [0.29, 0.717) is 0 Å². The quantitative estimate of drug-likeness (QED) is 0.869. The molecule has 1 rings (SSSR count). The molecule has 0 aliphatic rings. The van der Waals surface area contributed by atoms with Gasteiger partial charge in [0.2, 0.25) is 0 Å². The average Bonchev–Trinajstić information content (AvgIpc) is 2.18. The van der Waals surface area contributed by atoms with Crippen LogP contribution in [0.4, 0.5) is 4.39 Å². The van der Waals surface area contributed by atoms with Crippen LogP contribution in [0.25, 0.3) is 0 Å². The van der Waals surface area contributed by atoms with Crippen molar-refractivity contribution in [2.75, 3.05) is 0 Å². The van der Waals surface area contributed by atoms with E-state index in [1.54, 1.807) is 13.8 Å². The van der Waals surface area contributed by atoms with Crippen molar-refractivity contribution in [2.45, 2.75) is 31.7 Å². The molecule has 18 heavy (non-hydrogen) atoms. The fourth-order valence-corrected chi connectivity index (χ4v) is 2.37. The van der Waals surface area contributed by atoms with Crippen LogP contribution in [0.1, 0.15) is 29.8 Å². The second kappa shape index (κ2) is 5.24. The Labute approximate surface area is 110 Å². The van der Waals surface area contributed by atoms with Gasteiger partial charge in [0.25, 0.3) is 15.0 Å². The minimum absolute atomic E-state index is 0.0469. The summed E-state index contributed by atoms with van der Waals surface area (Å²) >= 11 is 0. The fourth-order valence-electron chi connectivity index (χ4n) is 1.39. The maximum absolute atomic E-state index is 13.6. The Morgan fingerprint density at radius 1 is 1.39 bits per heavy atom. The first-order valence-electron chi connectivity index (χ1n) is 5.18. The van der Waals surface area contributed by atoms with Gasteiger partial charge in [0.15, 0.2) is 0 Å². The predicted molar refractivity (Wildman–Crippen MR) is 66.8 cm³/mol. The Hall–Kier alpha value is -1.14. The normalized spacial score (nSPS) is 11.7. The molecule has 0 radical (unpaired) electrons. The summed E-state index contributed by atoms with van der Waals surface area (Å²) in [5, 5.41) is 2.59. The minimum atomic E-state index is -4.22. The standard InChI is InChI=1S/C11H13ClFNO3S/c1-6(2)14-11(15)8-4-7(3)10(13)9(5-8)18(12,16)17/h4-6H,1-3H3,(H,14,15). The van der Waals surface area contributed by atoms with Gasteiger partial charge in [-0.25, -0.2) is 12.8 Å². The van der Waals surface area contributed by atoms with Crippen LogP contribution in [0.5, 0.6) is 0 Å². The Morgan fingerprint density at radius 2 is 1.94 bits per heavy atom. The van der Waals surface area contributed by atoms with Crippen LogP contribution in [0.2, 0.25) is 0 Å². The van der Waals surface area contributed by atoms with E-state index >= 15 is 0 Å². The Morgan fingerprint density at radius 3 is 2.39 bits per heavy atom. The van der Waals surface area contributed by atoms with E-state index in [-0.39, 0.29) is 17.2 Å². The summed E-state index contributed by atoms with van der Waals surface area (Å²) in [4.78, 5) is 11.0. The molecule has 7 heteroatoms. The van der Waals surface area contributed by atoms with Gasteiger partial charge in [0.1, 0.15) is 10.7 Å². The number of hydrogen-bond acceptors (Lipinski definition) is 3. The maximum atomic E-state index is 13.6. The maximum Gasteiger partial charge on any atom is 0.264 e. The highest BCUT2D eigenvalue weighted by Crippen LogP contribution is 2.23. The van der Waals surface area contributed by atoms with E-state index in [1.165, 1.54) is 13.0 Å². The summed E-state index contributed by atoms with van der Waals surface area (Å²) in [5.41, 5.74) is 0.104. The van der Waals surface area contributed by atoms with Crippen LogP contribution < -0.4 is 5.32 Å². The molecule has 0 aliphatic carbocycles. The lowest BCUT2D eigenvalue weighted by molar-refractivity contribution is 0.0942. The number of nitrogens with one attached hydrogen (secondary N) is 1. The number of aryl methyl sites for hydroxylation is 1. The molecule has 0 aliphatic heterocycles. The van der Waals surface area contributed by atoms with Crippen molar-refractivity contribution >= 4 is 25.6 Å². The van der Waals surface area contributed by atoms with E-state index in [1.807, 2.05) is 0 Å². The highest BCUT2D eigenvalue weighted by Gasteiger charge is 2.21. The van der Waals surface area contributed by atoms with Gasteiger partial charge in [-0.05, 0) is 38.5 Å². The Bertz CT molecular complexity index is 584. The molecule has 0 fully saturated rings. The third-order valence-corrected chi connectivity index (χ3v) is 3.49. The molecular formula is C11H13ClFNO3S. The molecule has 100 valence electrons. The van der Waals surface area contributed by atoms with Gasteiger partial charge in [-0.2, -0.15) is 0 Å². The highest BCUT2D eigenvalue weighted by atomic mass is 35.7. The van der Waals surface area contributed by atoms with Crippen molar-refractivity contribution in [3.05, 3.63) is 29.1 Å². The summed E-state index contributed by atoms with van der Waals surface area (Å²) in [6, 6.07) is 2.10. The van der Waals surface area contributed by atoms with Crippen molar-refractivity contribution < 1.29 is 17.6 Å². The fraction of sp³-hybridized carbons (Fsp3) is 0.364. The molecule has 1 N–H and O–H groups in total. The molecule has 0 aromatic heterocycles. The summed E-state index contributed by atoms with van der Waals surface area (Å²) in [5.74, 6) is -1.42. The number of carbonyl (C=O) groups excluding carboxylic acids is 1. The summed E-state index contributed by atoms with van der Waals surface area (Å²) < 4.78 is 36.0. The van der Waals surface area contributed by atoms with Gasteiger partial charge in [0, 0.05) is 22.3 Å². The molecule has 4 nitrogen and oxygen atoms in total. The molecule has 1 aromatic carbocycles. The largest absolute Gasteiger partial charge is 0.350 e. The predicted octanol–water partition coefficient (Wildman–Crippen LogP) is 2.20. The zero-order valence-corrected chi connectivity index (χ0v) is 11.7. The van der Waals surface area contributed by atoms with Crippen LogP contribution in [0.3, 0.4) is 0 Å². The first-order valence-corrected chi connectivity index (χ1v) is 7.49. The number of rotatable bonds is 3. The van der Waals surface area contributed by atoms with E-state index in [9.17, 15) is 17.6 Å². The van der Waals surface area contributed by atoms with Crippen molar-refractivity contribution in [2.24, 2.45) is 0 Å². The first kappa shape index (κ1) is 14.9. The smallest absolute Gasteiger partial charge is 0.264 e. The number of benzene rings is 1. The molecule has 0 atom stereocenters. The van der Waals surface area contributed by atoms with E-state index in [0.717, 1.165) is 6.07 Å². The number of amides is 1. The second-order valence-electron chi connectivity index (χ2n) is 4.17. The Kier molecular flexibility index (Phi) is 4.34. The zero-order valence-electron chi connectivity index (χ0n) is 10.1. The summed E-state index contributed by atoms with van der Waals surface area (Å²) in [6.07, 6.45) is 0. The molecule has 0 saturated heterocycles. The van der Waals surface area contributed by atoms with Gasteiger partial charge < -0.3 is 5.32 Å². The summed E-state index contributed by atoms with van der Waals surface area (Å²) in [7, 11) is 0.895. The molecule has 1 aromatic rings. The third-order valence-electron chi connectivity index (χ3n) is 2.17. The van der Waals surface area contributed by atoms with E-state index < -0.39 is 25.7 Å². The topological polar surface area (TPSA) is 63.2 Å². The molecule has 0 heterocycles. The molecular weight excluding hydrogens is 281 g/mol. The molecule has 0 saturated carbocycles. The van der Waals surface area contributed by atoms with Gasteiger partial charge >= 0.3 is 0 Å². The van der Waals surface area contributed by atoms with Crippen LogP contribution >= 0.6 is 10.7 Å². The van der Waals surface area contributed by atoms with Gasteiger partial charge in [-0.15, -0.1) is 0 Å². The highest BCUT2D eigenvalue weighted by molar-refractivity contribution is 8.13. The lowest BCUT2D eigenvalue weighted by atomic mass is 10.1. The number of halogens is 2. The number of hydrogen-bond donors (Lipinski definition) is 1. The second-order valence-corrected chi connectivity index (χ2v) is 6.71. The Balaban J connectivity index is 3.34. The van der Waals surface area contributed by atoms with E-state index in [4.69, 9.17) is 10.7 Å². The van der Waals surface area contributed by atoms with E-state index in [2.05, 4.69) is 5.32 Å². The lowest BCUT2D eigenvalue weighted by Crippen LogP contribution is -2.30. The van der Waals surface area contributed by atoms with Crippen LogP contribution in [0.15, 0.2) is 17.0 Å². The SMILES string of the molecule is Cc1cc(C(=O)NC(C)C)cc(S(=O)(=O)Cl)c1F. The van der Waals surface area contributed by atoms with Gasteiger partial charge in [-0.1, -0.05) is 0 Å². The third kappa shape index (κ3) is 3.43. The molecule has 0 bridgehead atoms. The van der Waals surface area contributed by atoms with Gasteiger partial charge in [-0.3, -0.25) is 4.79 Å². The molecule has 1 amide bonds. The number of carbonyl (C=O) groups is 1. The summed E-state index contributed by atoms with van der Waals surface area (Å²) in [6.45, 7) is 4.88. The zero-order chi connectivity index (χ0) is 14.1. The monoisotopic (exact) mass is 293 g/mol. The molecule has 0 spiro atoms. The van der Waals surface area contributed by atoms with Gasteiger partial charge in [0.05, 0.1) is 0 Å². The van der Waals surface area contributed by atoms with Crippen molar-refractivity contribution in [3.63, 3.8) is 0 Å². The average molecular weight is 294 g/mol. The van der Waals surface area contributed by atoms with Crippen LogP contribution in [-0.2, 0) is 9.05 Å². The molecule has 0 unspecified atom stereocenters.